The van der Waals surface area contributed by atoms with Gasteiger partial charge >= 0.3 is 12.1 Å². The molecule has 3 aromatic heterocycles. The number of carbonyl (C=O) groups is 1. The summed E-state index contributed by atoms with van der Waals surface area (Å²) in [7, 11) is 0. The summed E-state index contributed by atoms with van der Waals surface area (Å²) in [5.41, 5.74) is 3.86. The zero-order chi connectivity index (χ0) is 31.4. The summed E-state index contributed by atoms with van der Waals surface area (Å²) in [6.07, 6.45) is 1.39. The molecular weight excluding hydrogens is 591 g/mol. The first-order valence-corrected chi connectivity index (χ1v) is 14.7. The second-order valence-corrected chi connectivity index (χ2v) is 11.1. The van der Waals surface area contributed by atoms with Crippen LogP contribution < -0.4 is 19.5 Å². The topological polar surface area (TPSA) is 151 Å². The number of amides is 1. The summed E-state index contributed by atoms with van der Waals surface area (Å²) in [5.74, 6) is -0.145. The van der Waals surface area contributed by atoms with Crippen molar-refractivity contribution in [1.82, 2.24) is 24.9 Å². The first-order chi connectivity index (χ1) is 21.1. The molecule has 14 heteroatoms. The van der Waals surface area contributed by atoms with Gasteiger partial charge in [-0.25, -0.2) is 34.1 Å². The molecule has 0 spiro atoms. The molecule has 0 saturated heterocycles. The van der Waals surface area contributed by atoms with Crippen LogP contribution in [0, 0.1) is 12.7 Å². The van der Waals surface area contributed by atoms with Gasteiger partial charge in [0.2, 0.25) is 5.88 Å². The summed E-state index contributed by atoms with van der Waals surface area (Å²) in [5, 5.41) is 12.5. The minimum absolute atomic E-state index is 0.00694. The van der Waals surface area contributed by atoms with E-state index in [-0.39, 0.29) is 24.1 Å². The first-order valence-electron chi connectivity index (χ1n) is 13.9. The van der Waals surface area contributed by atoms with Crippen molar-refractivity contribution in [1.29, 1.82) is 0 Å². The van der Waals surface area contributed by atoms with Gasteiger partial charge in [-0.05, 0) is 52.3 Å². The SMILES string of the molecule is CCOc1cnc2c(-c3nc4cc(F)c(O[C@@H](C)[C@@H](C)OC(=O)Nc5cnc(OC[C@@H](C)O)nc5)cc4s3)cc(C)cc2n1. The zero-order valence-electron chi connectivity index (χ0n) is 24.7. The van der Waals surface area contributed by atoms with Gasteiger partial charge in [0.05, 0.1) is 58.2 Å². The summed E-state index contributed by atoms with van der Waals surface area (Å²) < 4.78 is 37.8. The lowest BCUT2D eigenvalue weighted by atomic mass is 10.1. The van der Waals surface area contributed by atoms with E-state index in [1.54, 1.807) is 33.0 Å². The second-order valence-electron chi connectivity index (χ2n) is 10.1. The Labute approximate surface area is 256 Å². The van der Waals surface area contributed by atoms with E-state index in [1.807, 2.05) is 26.0 Å². The van der Waals surface area contributed by atoms with Gasteiger partial charge in [0.15, 0.2) is 11.6 Å². The molecule has 230 valence electrons. The molecule has 3 heterocycles. The average Bonchev–Trinajstić information content (AvgIpc) is 3.38. The lowest BCUT2D eigenvalue weighted by molar-refractivity contribution is 0.0402. The predicted molar refractivity (Wildman–Crippen MR) is 163 cm³/mol. The molecule has 0 unspecified atom stereocenters. The molecule has 5 aromatic rings. The number of aryl methyl sites for hydroxylation is 1. The largest absolute Gasteiger partial charge is 0.484 e. The van der Waals surface area contributed by atoms with E-state index in [1.165, 1.54) is 29.8 Å². The van der Waals surface area contributed by atoms with Gasteiger partial charge < -0.3 is 24.1 Å². The Bertz CT molecular complexity index is 1780. The number of nitrogens with one attached hydrogen (secondary N) is 1. The van der Waals surface area contributed by atoms with E-state index >= 15 is 4.39 Å². The fourth-order valence-electron chi connectivity index (χ4n) is 4.12. The van der Waals surface area contributed by atoms with Crippen LogP contribution in [0.2, 0.25) is 0 Å². The Hall–Kier alpha value is -4.69. The highest BCUT2D eigenvalue weighted by Crippen LogP contribution is 2.37. The monoisotopic (exact) mass is 622 g/mol. The van der Waals surface area contributed by atoms with E-state index in [0.717, 1.165) is 11.1 Å². The molecule has 44 heavy (non-hydrogen) atoms. The van der Waals surface area contributed by atoms with Gasteiger partial charge in [-0.3, -0.25) is 5.32 Å². The van der Waals surface area contributed by atoms with E-state index < -0.39 is 30.2 Å². The van der Waals surface area contributed by atoms with Crippen molar-refractivity contribution in [2.75, 3.05) is 18.5 Å². The molecule has 12 nitrogen and oxygen atoms in total. The molecule has 0 saturated carbocycles. The van der Waals surface area contributed by atoms with Crippen molar-refractivity contribution in [3.8, 4) is 28.2 Å². The van der Waals surface area contributed by atoms with Crippen LogP contribution >= 0.6 is 11.3 Å². The molecular formula is C30H31FN6O6S. The van der Waals surface area contributed by atoms with Crippen LogP contribution in [0.15, 0.2) is 42.9 Å². The number of carbonyl (C=O) groups excluding carboxylic acids is 1. The number of hydrogen-bond acceptors (Lipinski definition) is 12. The highest BCUT2D eigenvalue weighted by Gasteiger charge is 2.22. The molecule has 0 fully saturated rings. The quantitative estimate of drug-likeness (QED) is 0.186. The van der Waals surface area contributed by atoms with E-state index in [9.17, 15) is 9.90 Å². The van der Waals surface area contributed by atoms with Gasteiger partial charge in [-0.15, -0.1) is 11.3 Å². The number of rotatable bonds is 11. The Morgan fingerprint density at radius 3 is 2.50 bits per heavy atom. The fourth-order valence-corrected chi connectivity index (χ4v) is 5.12. The molecule has 0 aliphatic carbocycles. The van der Waals surface area contributed by atoms with Gasteiger partial charge in [-0.2, -0.15) is 0 Å². The Balaban J connectivity index is 1.27. The van der Waals surface area contributed by atoms with Gasteiger partial charge in [0, 0.05) is 17.7 Å². The third-order valence-corrected chi connectivity index (χ3v) is 7.38. The number of anilines is 1. The van der Waals surface area contributed by atoms with Crippen molar-refractivity contribution in [2.45, 2.75) is 52.9 Å². The number of nitrogens with zero attached hydrogens (tertiary/aromatic N) is 5. The highest BCUT2D eigenvalue weighted by molar-refractivity contribution is 7.21. The summed E-state index contributed by atoms with van der Waals surface area (Å²) in [6.45, 7) is 9.24. The van der Waals surface area contributed by atoms with Gasteiger partial charge in [0.25, 0.3) is 0 Å². The molecule has 0 aliphatic rings. The number of ether oxygens (including phenoxy) is 4. The molecule has 0 bridgehead atoms. The van der Waals surface area contributed by atoms with Crippen LogP contribution in [0.3, 0.4) is 0 Å². The molecule has 0 aliphatic heterocycles. The number of benzene rings is 2. The number of aliphatic hydroxyl groups excluding tert-OH is 1. The smallest absolute Gasteiger partial charge is 0.412 e. The molecule has 1 amide bonds. The third-order valence-electron chi connectivity index (χ3n) is 6.33. The van der Waals surface area contributed by atoms with Crippen LogP contribution in [-0.4, -0.2) is 67.6 Å². The van der Waals surface area contributed by atoms with Crippen molar-refractivity contribution < 1.29 is 33.2 Å². The maximum atomic E-state index is 15.1. The number of thiazole rings is 1. The lowest BCUT2D eigenvalue weighted by Gasteiger charge is -2.22. The van der Waals surface area contributed by atoms with Crippen LogP contribution in [0.4, 0.5) is 14.9 Å². The van der Waals surface area contributed by atoms with Crippen LogP contribution in [-0.2, 0) is 4.74 Å². The van der Waals surface area contributed by atoms with Gasteiger partial charge in [0.1, 0.15) is 23.8 Å². The van der Waals surface area contributed by atoms with E-state index in [0.29, 0.717) is 38.7 Å². The van der Waals surface area contributed by atoms with Crippen molar-refractivity contribution in [3.05, 3.63) is 54.2 Å². The van der Waals surface area contributed by atoms with Crippen LogP contribution in [0.1, 0.15) is 33.3 Å². The molecule has 2 N–H and O–H groups in total. The number of aromatic nitrogens is 5. The Morgan fingerprint density at radius 2 is 1.77 bits per heavy atom. The molecule has 3 atom stereocenters. The molecule has 5 rings (SSSR count). The summed E-state index contributed by atoms with van der Waals surface area (Å²) in [6, 6.07) is 6.87. The van der Waals surface area contributed by atoms with E-state index in [2.05, 4.69) is 30.2 Å². The molecule has 2 aromatic carbocycles. The summed E-state index contributed by atoms with van der Waals surface area (Å²) >= 11 is 1.38. The highest BCUT2D eigenvalue weighted by atomic mass is 32.1. The van der Waals surface area contributed by atoms with Gasteiger partial charge in [-0.1, -0.05) is 0 Å². The normalized spacial score (nSPS) is 13.3. The number of fused-ring (bicyclic) bond motifs is 2. The second kappa shape index (κ2) is 13.3. The maximum Gasteiger partial charge on any atom is 0.412 e. The Kier molecular flexibility index (Phi) is 9.30. The number of hydrogen-bond donors (Lipinski definition) is 2. The first kappa shape index (κ1) is 30.8. The predicted octanol–water partition coefficient (Wildman–Crippen LogP) is 5.71. The zero-order valence-corrected chi connectivity index (χ0v) is 25.5. The minimum Gasteiger partial charge on any atom is -0.484 e. The van der Waals surface area contributed by atoms with Crippen LogP contribution in [0.25, 0.3) is 31.8 Å². The number of aliphatic hydroxyl groups is 1. The standard InChI is InChI=1S/C30H31FN6O6S/c1-6-40-26-13-32-27-20(7-15(2)8-23(27)36-26)28-37-22-9-21(31)24(10-25(22)44-28)42-17(4)18(5)43-30(39)35-19-11-33-29(34-12-19)41-14-16(3)38/h7-13,16-18,38H,6,14H2,1-5H3,(H,35,39)/t16-,17+,18-/m1/s1. The van der Waals surface area contributed by atoms with Crippen molar-refractivity contribution in [3.63, 3.8) is 0 Å². The minimum atomic E-state index is -0.765. The lowest BCUT2D eigenvalue weighted by Crippen LogP contribution is -2.32. The number of halogens is 1. The summed E-state index contributed by atoms with van der Waals surface area (Å²) in [4.78, 5) is 34.1. The van der Waals surface area contributed by atoms with E-state index in [4.69, 9.17) is 18.9 Å². The van der Waals surface area contributed by atoms with Crippen molar-refractivity contribution >= 4 is 44.4 Å². The fraction of sp³-hybridized carbons (Fsp3) is 0.333. The maximum absolute atomic E-state index is 15.1. The Morgan fingerprint density at radius 1 is 1.00 bits per heavy atom. The van der Waals surface area contributed by atoms with Crippen LogP contribution in [0.5, 0.6) is 17.6 Å². The molecule has 0 radical (unpaired) electrons. The average molecular weight is 623 g/mol. The third kappa shape index (κ3) is 7.26. The van der Waals surface area contributed by atoms with Crippen molar-refractivity contribution in [2.24, 2.45) is 0 Å².